The standard InChI is InChI=1S/C30H34N2O8/c31-25(36)15-24(35)30(39)20(6-9-33)13-19-14-22-21(4-5-23(34)27(22)28(37)26(19)29(30)38)18-3-1-2-17(12-18)16-32-7-10-40-11-8-32/h1-5,12,19-20,26,33-34,39H,6-11,13-16H2,(H2,31,36)/t19-,20-,26?,30-/m1/s1. The SMILES string of the molecule is NC(=O)CC(=O)[C@@]1(O)C(=O)C2C(=O)c3c(O)ccc(-c4cccc(CN5CCOCC5)c4)c3C[C@H]2C[C@H]1CCO. The maximum atomic E-state index is 13.8. The molecule has 0 aromatic heterocycles. The molecule has 1 unspecified atom stereocenters. The molecule has 1 amide bonds. The normalized spacial score (nSPS) is 26.7. The maximum Gasteiger partial charge on any atom is 0.225 e. The van der Waals surface area contributed by atoms with E-state index in [1.165, 1.54) is 6.07 Å². The molecule has 0 spiro atoms. The summed E-state index contributed by atoms with van der Waals surface area (Å²) in [4.78, 5) is 54.2. The molecule has 2 aliphatic carbocycles. The van der Waals surface area contributed by atoms with E-state index >= 15 is 0 Å². The molecule has 10 nitrogen and oxygen atoms in total. The van der Waals surface area contributed by atoms with E-state index < -0.39 is 59.6 Å². The van der Waals surface area contributed by atoms with Crippen molar-refractivity contribution in [3.63, 3.8) is 0 Å². The lowest BCUT2D eigenvalue weighted by Gasteiger charge is -2.46. The Bertz CT molecular complexity index is 1350. The number of aromatic hydroxyl groups is 1. The van der Waals surface area contributed by atoms with Gasteiger partial charge in [-0.2, -0.15) is 0 Å². The molecule has 3 aliphatic rings. The first kappa shape index (κ1) is 28.1. The minimum absolute atomic E-state index is 0.0102. The van der Waals surface area contributed by atoms with Gasteiger partial charge in [0, 0.05) is 32.2 Å². The molecule has 0 bridgehead atoms. The number of hydrogen-bond acceptors (Lipinski definition) is 9. The summed E-state index contributed by atoms with van der Waals surface area (Å²) in [5, 5.41) is 31.8. The number of rotatable bonds is 8. The van der Waals surface area contributed by atoms with E-state index in [1.807, 2.05) is 18.2 Å². The number of ketones is 3. The van der Waals surface area contributed by atoms with E-state index in [4.69, 9.17) is 10.5 Å². The Labute approximate surface area is 231 Å². The van der Waals surface area contributed by atoms with Crippen molar-refractivity contribution in [2.45, 2.75) is 37.8 Å². The van der Waals surface area contributed by atoms with Crippen LogP contribution >= 0.6 is 0 Å². The summed E-state index contributed by atoms with van der Waals surface area (Å²) in [6.07, 6.45) is -0.553. The molecule has 2 aromatic carbocycles. The van der Waals surface area contributed by atoms with E-state index in [9.17, 15) is 34.5 Å². The van der Waals surface area contributed by atoms with Gasteiger partial charge in [-0.05, 0) is 59.6 Å². The molecule has 5 N–H and O–H groups in total. The van der Waals surface area contributed by atoms with Crippen LogP contribution in [-0.2, 0) is 32.1 Å². The van der Waals surface area contributed by atoms with Crippen LogP contribution in [0.5, 0.6) is 5.75 Å². The zero-order valence-corrected chi connectivity index (χ0v) is 22.2. The van der Waals surface area contributed by atoms with Crippen molar-refractivity contribution in [2.24, 2.45) is 23.5 Å². The lowest BCUT2D eigenvalue weighted by Crippen LogP contribution is -2.63. The molecule has 5 rings (SSSR count). The number of phenols is 1. The second-order valence-electron chi connectivity index (χ2n) is 11.0. The van der Waals surface area contributed by atoms with Gasteiger partial charge in [0.2, 0.25) is 5.91 Å². The zero-order valence-electron chi connectivity index (χ0n) is 22.2. The molecule has 1 aliphatic heterocycles. The number of phenolic OH excluding ortho intramolecular Hbond substituents is 1. The van der Waals surface area contributed by atoms with Crippen molar-refractivity contribution in [3.05, 3.63) is 53.1 Å². The second kappa shape index (κ2) is 11.2. The third-order valence-corrected chi connectivity index (χ3v) is 8.58. The number of benzene rings is 2. The average molecular weight is 551 g/mol. The minimum atomic E-state index is -2.62. The van der Waals surface area contributed by atoms with Crippen molar-refractivity contribution in [3.8, 4) is 16.9 Å². The predicted octanol–water partition coefficient (Wildman–Crippen LogP) is 1.01. The second-order valence-corrected chi connectivity index (χ2v) is 11.0. The molecule has 1 heterocycles. The Hall–Kier alpha value is -3.44. The van der Waals surface area contributed by atoms with E-state index in [0.29, 0.717) is 18.8 Å². The van der Waals surface area contributed by atoms with Gasteiger partial charge < -0.3 is 25.8 Å². The number of carbonyl (C=O) groups is 4. The fourth-order valence-electron chi connectivity index (χ4n) is 6.66. The molecule has 2 aromatic rings. The van der Waals surface area contributed by atoms with Crippen LogP contribution in [0.1, 0.15) is 40.7 Å². The molecule has 1 saturated heterocycles. The zero-order chi connectivity index (χ0) is 28.6. The topological polar surface area (TPSA) is 167 Å². The van der Waals surface area contributed by atoms with Gasteiger partial charge in [0.15, 0.2) is 23.0 Å². The Morgan fingerprint density at radius 3 is 2.58 bits per heavy atom. The number of fused-ring (bicyclic) bond motifs is 2. The number of aliphatic hydroxyl groups excluding tert-OH is 1. The highest BCUT2D eigenvalue weighted by Gasteiger charge is 2.60. The summed E-state index contributed by atoms with van der Waals surface area (Å²) in [5.41, 5.74) is 5.89. The summed E-state index contributed by atoms with van der Waals surface area (Å²) >= 11 is 0. The number of ether oxygens (including phenoxy) is 1. The van der Waals surface area contributed by atoms with Crippen LogP contribution in [0.3, 0.4) is 0 Å². The highest BCUT2D eigenvalue weighted by molar-refractivity contribution is 6.24. The number of nitrogens with two attached hydrogens (primary N) is 1. The first-order valence-corrected chi connectivity index (χ1v) is 13.6. The number of morpholine rings is 1. The van der Waals surface area contributed by atoms with Gasteiger partial charge >= 0.3 is 0 Å². The number of primary amides is 1. The molecular formula is C30H34N2O8. The van der Waals surface area contributed by atoms with Crippen LogP contribution in [0.4, 0.5) is 0 Å². The number of amides is 1. The van der Waals surface area contributed by atoms with Crippen LogP contribution < -0.4 is 5.73 Å². The van der Waals surface area contributed by atoms with Crippen LogP contribution in [0, 0.1) is 17.8 Å². The summed E-state index contributed by atoms with van der Waals surface area (Å²) in [5.74, 6) is -6.91. The highest BCUT2D eigenvalue weighted by Crippen LogP contribution is 2.49. The smallest absolute Gasteiger partial charge is 0.225 e. The monoisotopic (exact) mass is 550 g/mol. The lowest BCUT2D eigenvalue weighted by atomic mass is 9.57. The summed E-state index contributed by atoms with van der Waals surface area (Å²) in [7, 11) is 0. The maximum absolute atomic E-state index is 13.8. The molecule has 1 saturated carbocycles. The Morgan fingerprint density at radius 2 is 1.88 bits per heavy atom. The molecule has 40 heavy (non-hydrogen) atoms. The molecule has 10 heteroatoms. The summed E-state index contributed by atoms with van der Waals surface area (Å²) < 4.78 is 5.44. The van der Waals surface area contributed by atoms with Gasteiger partial charge in [-0.15, -0.1) is 0 Å². The van der Waals surface area contributed by atoms with Crippen LogP contribution in [0.25, 0.3) is 11.1 Å². The first-order valence-electron chi connectivity index (χ1n) is 13.6. The number of nitrogens with zero attached hydrogens (tertiary/aromatic N) is 1. The highest BCUT2D eigenvalue weighted by atomic mass is 16.5. The fourth-order valence-corrected chi connectivity index (χ4v) is 6.66. The third-order valence-electron chi connectivity index (χ3n) is 8.58. The van der Waals surface area contributed by atoms with Crippen molar-refractivity contribution >= 4 is 23.3 Å². The largest absolute Gasteiger partial charge is 0.507 e. The van der Waals surface area contributed by atoms with Gasteiger partial charge in [0.25, 0.3) is 0 Å². The molecule has 4 atom stereocenters. The van der Waals surface area contributed by atoms with Crippen molar-refractivity contribution in [1.82, 2.24) is 4.90 Å². The quantitative estimate of drug-likeness (QED) is 0.351. The average Bonchev–Trinajstić information content (AvgIpc) is 2.92. The Kier molecular flexibility index (Phi) is 7.87. The summed E-state index contributed by atoms with van der Waals surface area (Å²) in [6, 6.07) is 11.2. The third kappa shape index (κ3) is 4.96. The number of hydrogen-bond donors (Lipinski definition) is 4. The Balaban J connectivity index is 1.52. The van der Waals surface area contributed by atoms with Crippen LogP contribution in [0.15, 0.2) is 36.4 Å². The Morgan fingerprint density at radius 1 is 1.12 bits per heavy atom. The molecule has 212 valence electrons. The number of carbonyl (C=O) groups excluding carboxylic acids is 4. The van der Waals surface area contributed by atoms with E-state index in [1.54, 1.807) is 6.07 Å². The van der Waals surface area contributed by atoms with Gasteiger partial charge in [-0.3, -0.25) is 24.1 Å². The number of aliphatic hydroxyl groups is 2. The molecule has 0 radical (unpaired) electrons. The summed E-state index contributed by atoms with van der Waals surface area (Å²) in [6.45, 7) is 3.41. The van der Waals surface area contributed by atoms with E-state index in [-0.39, 0.29) is 30.6 Å². The first-order chi connectivity index (χ1) is 19.1. The van der Waals surface area contributed by atoms with Gasteiger partial charge in [-0.1, -0.05) is 24.3 Å². The van der Waals surface area contributed by atoms with Crippen LogP contribution in [0.2, 0.25) is 0 Å². The van der Waals surface area contributed by atoms with Crippen molar-refractivity contribution in [1.29, 1.82) is 0 Å². The fraction of sp³-hybridized carbons (Fsp3) is 0.467. The van der Waals surface area contributed by atoms with E-state index in [0.717, 1.165) is 36.3 Å². The van der Waals surface area contributed by atoms with E-state index in [2.05, 4.69) is 11.0 Å². The van der Waals surface area contributed by atoms with Gasteiger partial charge in [0.05, 0.1) is 31.1 Å². The number of Topliss-reactive ketones (excluding diaryl/α,β-unsaturated/α-hetero) is 3. The predicted molar refractivity (Wildman–Crippen MR) is 143 cm³/mol. The van der Waals surface area contributed by atoms with Crippen molar-refractivity contribution in [2.75, 3.05) is 32.9 Å². The minimum Gasteiger partial charge on any atom is -0.507 e. The molecular weight excluding hydrogens is 516 g/mol. The van der Waals surface area contributed by atoms with Crippen LogP contribution in [-0.4, -0.2) is 82.0 Å². The van der Waals surface area contributed by atoms with Gasteiger partial charge in [-0.25, -0.2) is 0 Å². The molecule has 2 fully saturated rings. The lowest BCUT2D eigenvalue weighted by molar-refractivity contribution is -0.167. The van der Waals surface area contributed by atoms with Crippen molar-refractivity contribution < 1.29 is 39.2 Å². The van der Waals surface area contributed by atoms with Gasteiger partial charge in [0.1, 0.15) is 5.75 Å².